The van der Waals surface area contributed by atoms with Crippen LogP contribution in [0.4, 0.5) is 11.5 Å². The number of nitrogens with zero attached hydrogens (tertiary/aromatic N) is 7. The van der Waals surface area contributed by atoms with Crippen LogP contribution in [-0.4, -0.2) is 81.2 Å². The van der Waals surface area contributed by atoms with Gasteiger partial charge in [-0.25, -0.2) is 14.8 Å². The first kappa shape index (κ1) is 26.4. The van der Waals surface area contributed by atoms with E-state index in [1.54, 1.807) is 26.3 Å². The zero-order valence-electron chi connectivity index (χ0n) is 21.7. The largest absolute Gasteiger partial charge is 0.477 e. The van der Waals surface area contributed by atoms with Gasteiger partial charge in [0.1, 0.15) is 23.5 Å². The summed E-state index contributed by atoms with van der Waals surface area (Å²) in [5.74, 6) is -0.775. The molecule has 0 spiro atoms. The molecule has 0 unspecified atom stereocenters. The van der Waals surface area contributed by atoms with Gasteiger partial charge in [-0.1, -0.05) is 0 Å². The van der Waals surface area contributed by atoms with E-state index in [9.17, 15) is 19.5 Å². The van der Waals surface area contributed by atoms with Gasteiger partial charge in [-0.15, -0.1) is 0 Å². The first-order chi connectivity index (χ1) is 18.8. The van der Waals surface area contributed by atoms with Gasteiger partial charge in [0.05, 0.1) is 29.8 Å². The Morgan fingerprint density at radius 3 is 2.69 bits per heavy atom. The number of aromatic carboxylic acids is 1. The lowest BCUT2D eigenvalue weighted by molar-refractivity contribution is -0.123. The third kappa shape index (κ3) is 5.22. The molecule has 12 nitrogen and oxygen atoms in total. The van der Waals surface area contributed by atoms with Gasteiger partial charge in [-0.2, -0.15) is 4.37 Å². The number of Topliss-reactive ketones (excluding diaryl/α,β-unsaturated/α-hetero) is 1. The molecule has 1 N–H and O–H groups in total. The number of fused-ring (bicyclic) bond motifs is 1. The molecule has 5 heterocycles. The Bertz CT molecular complexity index is 1580. The van der Waals surface area contributed by atoms with E-state index in [4.69, 9.17) is 9.72 Å². The van der Waals surface area contributed by atoms with Crippen LogP contribution in [0, 0.1) is 12.8 Å². The number of hydrogen-bond acceptors (Lipinski definition) is 11. The summed E-state index contributed by atoms with van der Waals surface area (Å²) < 4.78 is 10.6. The summed E-state index contributed by atoms with van der Waals surface area (Å²) in [5, 5.41) is 10.2. The van der Waals surface area contributed by atoms with Crippen LogP contribution in [0.5, 0.6) is 0 Å². The molecule has 1 saturated heterocycles. The number of carbonyl (C=O) groups is 2. The van der Waals surface area contributed by atoms with Gasteiger partial charge in [-0.05, 0) is 30.7 Å². The van der Waals surface area contributed by atoms with Crippen molar-refractivity contribution < 1.29 is 19.4 Å². The standard InChI is InChI=1S/C26H27N7O5S/c1-15-8-21(30-24-22(15)23(35)19(25(36)37)13-33(24)26-28-14-29-39-26)32-11-16(12-32)20(34)9-17-4-5-18(10-27-17)31(2)6-7-38-3/h4-5,8,10,13-14,16H,6-7,9,11-12H2,1-3H3,(H,36,37). The fourth-order valence-electron chi connectivity index (χ4n) is 4.51. The molecule has 0 amide bonds. The Kier molecular flexibility index (Phi) is 7.35. The second-order valence-electron chi connectivity index (χ2n) is 9.43. The molecule has 1 aliphatic rings. The van der Waals surface area contributed by atoms with E-state index >= 15 is 0 Å². The van der Waals surface area contributed by atoms with E-state index in [-0.39, 0.29) is 29.1 Å². The molecule has 202 valence electrons. The molecule has 0 aromatic carbocycles. The zero-order chi connectivity index (χ0) is 27.7. The van der Waals surface area contributed by atoms with E-state index in [2.05, 4.69) is 14.3 Å². The lowest BCUT2D eigenvalue weighted by Crippen LogP contribution is -2.51. The van der Waals surface area contributed by atoms with Crippen molar-refractivity contribution in [2.45, 2.75) is 13.3 Å². The maximum absolute atomic E-state index is 13.0. The van der Waals surface area contributed by atoms with Gasteiger partial charge in [-0.3, -0.25) is 19.1 Å². The maximum atomic E-state index is 13.0. The lowest BCUT2D eigenvalue weighted by atomic mass is 9.92. The SMILES string of the molecule is COCCN(C)c1ccc(CC(=O)C2CN(c3cc(C)c4c(=O)c(C(=O)O)cn(-c5ncns5)c4n3)C2)nc1. The molecule has 39 heavy (non-hydrogen) atoms. The molecule has 0 bridgehead atoms. The van der Waals surface area contributed by atoms with Crippen LogP contribution < -0.4 is 15.2 Å². The van der Waals surface area contributed by atoms with Crippen molar-refractivity contribution in [1.82, 2.24) is 23.9 Å². The van der Waals surface area contributed by atoms with E-state index in [0.717, 1.165) is 29.5 Å². The number of carboxylic acid groups (broad SMARTS) is 1. The summed E-state index contributed by atoms with van der Waals surface area (Å²) in [6.45, 7) is 4.09. The molecule has 1 aliphatic heterocycles. The number of pyridine rings is 3. The highest BCUT2D eigenvalue weighted by molar-refractivity contribution is 7.08. The van der Waals surface area contributed by atoms with Crippen molar-refractivity contribution in [3.05, 3.63) is 64.0 Å². The molecule has 0 atom stereocenters. The Labute approximate surface area is 227 Å². The number of hydrogen-bond donors (Lipinski definition) is 1. The molecule has 0 aliphatic carbocycles. The van der Waals surface area contributed by atoms with Gasteiger partial charge in [0.25, 0.3) is 0 Å². The summed E-state index contributed by atoms with van der Waals surface area (Å²) in [6, 6.07) is 5.58. The predicted molar refractivity (Wildman–Crippen MR) is 146 cm³/mol. The van der Waals surface area contributed by atoms with Crippen molar-refractivity contribution in [1.29, 1.82) is 0 Å². The molecular formula is C26H27N7O5S. The van der Waals surface area contributed by atoms with Crippen LogP contribution in [0.3, 0.4) is 0 Å². The number of carbonyl (C=O) groups excluding carboxylic acids is 1. The van der Waals surface area contributed by atoms with Gasteiger partial charge >= 0.3 is 5.97 Å². The van der Waals surface area contributed by atoms with Gasteiger partial charge in [0, 0.05) is 63.6 Å². The Hall–Kier alpha value is -4.23. The summed E-state index contributed by atoms with van der Waals surface area (Å²) in [4.78, 5) is 55.0. The van der Waals surface area contributed by atoms with Crippen LogP contribution in [0.1, 0.15) is 21.6 Å². The summed E-state index contributed by atoms with van der Waals surface area (Å²) >= 11 is 1.06. The van der Waals surface area contributed by atoms with Crippen molar-refractivity contribution in [3.8, 4) is 5.13 Å². The van der Waals surface area contributed by atoms with Gasteiger partial charge in [0.15, 0.2) is 5.65 Å². The summed E-state index contributed by atoms with van der Waals surface area (Å²) in [7, 11) is 3.62. The van der Waals surface area contributed by atoms with Crippen LogP contribution in [-0.2, 0) is 16.0 Å². The fourth-order valence-corrected chi connectivity index (χ4v) is 5.02. The number of ketones is 1. The molecule has 5 rings (SSSR count). The van der Waals surface area contributed by atoms with E-state index in [1.165, 1.54) is 17.1 Å². The van der Waals surface area contributed by atoms with Gasteiger partial charge in [0.2, 0.25) is 10.6 Å². The lowest BCUT2D eigenvalue weighted by Gasteiger charge is -2.39. The van der Waals surface area contributed by atoms with Crippen LogP contribution >= 0.6 is 11.5 Å². The maximum Gasteiger partial charge on any atom is 0.341 e. The quantitative estimate of drug-likeness (QED) is 0.310. The predicted octanol–water partition coefficient (Wildman–Crippen LogP) is 1.97. The monoisotopic (exact) mass is 549 g/mol. The van der Waals surface area contributed by atoms with Crippen molar-refractivity contribution in [2.75, 3.05) is 50.2 Å². The van der Waals surface area contributed by atoms with Crippen LogP contribution in [0.25, 0.3) is 16.2 Å². The van der Waals surface area contributed by atoms with Crippen molar-refractivity contribution in [2.24, 2.45) is 5.92 Å². The number of aromatic nitrogens is 5. The Balaban J connectivity index is 1.33. The minimum absolute atomic E-state index is 0.105. The number of anilines is 2. The summed E-state index contributed by atoms with van der Waals surface area (Å²) in [6.07, 6.45) is 4.61. The molecule has 4 aromatic rings. The highest BCUT2D eigenvalue weighted by Gasteiger charge is 2.34. The second kappa shape index (κ2) is 10.9. The minimum atomic E-state index is -1.32. The molecule has 13 heteroatoms. The second-order valence-corrected chi connectivity index (χ2v) is 10.2. The van der Waals surface area contributed by atoms with Crippen molar-refractivity contribution >= 4 is 45.8 Å². The zero-order valence-corrected chi connectivity index (χ0v) is 22.5. The molecule has 0 saturated carbocycles. The van der Waals surface area contributed by atoms with Crippen molar-refractivity contribution in [3.63, 3.8) is 0 Å². The van der Waals surface area contributed by atoms with Crippen LogP contribution in [0.2, 0.25) is 0 Å². The topological polar surface area (TPSA) is 144 Å². The molecule has 0 radical (unpaired) electrons. The highest BCUT2D eigenvalue weighted by Crippen LogP contribution is 2.29. The normalized spacial score (nSPS) is 13.5. The van der Waals surface area contributed by atoms with E-state index in [1.807, 2.05) is 29.0 Å². The molecule has 4 aromatic heterocycles. The number of methoxy groups -OCH3 is 1. The number of ether oxygens (including phenoxy) is 1. The Morgan fingerprint density at radius 2 is 2.05 bits per heavy atom. The minimum Gasteiger partial charge on any atom is -0.477 e. The number of rotatable bonds is 10. The van der Waals surface area contributed by atoms with Gasteiger partial charge < -0.3 is 19.6 Å². The number of carboxylic acids is 1. The number of likely N-dealkylation sites (N-methyl/N-ethyl adjacent to an activating group) is 1. The Morgan fingerprint density at radius 1 is 1.26 bits per heavy atom. The average molecular weight is 550 g/mol. The van der Waals surface area contributed by atoms with Crippen LogP contribution in [0.15, 0.2) is 41.7 Å². The smallest absolute Gasteiger partial charge is 0.341 e. The fraction of sp³-hybridized carbons (Fsp3) is 0.346. The van der Waals surface area contributed by atoms with E-state index < -0.39 is 11.4 Å². The molecule has 1 fully saturated rings. The third-order valence-electron chi connectivity index (χ3n) is 6.83. The first-order valence-corrected chi connectivity index (χ1v) is 13.0. The molecular weight excluding hydrogens is 522 g/mol. The summed E-state index contributed by atoms with van der Waals surface area (Å²) in [5.41, 5.74) is 1.60. The third-order valence-corrected chi connectivity index (χ3v) is 7.49. The highest BCUT2D eigenvalue weighted by atomic mass is 32.1. The first-order valence-electron chi connectivity index (χ1n) is 12.3. The average Bonchev–Trinajstić information content (AvgIpc) is 3.41. The van der Waals surface area contributed by atoms with E-state index in [0.29, 0.717) is 41.9 Å². The number of aryl methyl sites for hydroxylation is 1.